The molecule has 0 aromatic heterocycles. The van der Waals surface area contributed by atoms with Gasteiger partial charge in [-0.2, -0.15) is 0 Å². The van der Waals surface area contributed by atoms with Gasteiger partial charge in [0, 0.05) is 5.56 Å². The first-order valence-electron chi connectivity index (χ1n) is 3.28. The van der Waals surface area contributed by atoms with Gasteiger partial charge in [0.05, 0.1) is 10.2 Å². The average Bonchev–Trinajstić information content (AvgIpc) is 2.09. The van der Waals surface area contributed by atoms with Gasteiger partial charge in [-0.05, 0) is 34.8 Å². The summed E-state index contributed by atoms with van der Waals surface area (Å²) < 4.78 is 13.7. The third kappa shape index (κ3) is 1.46. The number of nitrogens with zero attached hydrogens (tertiary/aromatic N) is 1. The molecule has 1 aromatic carbocycles. The molecule has 0 saturated heterocycles. The van der Waals surface area contributed by atoms with Crippen LogP contribution in [-0.2, 0) is 0 Å². The molecular formula is C9H7BrFN. The summed E-state index contributed by atoms with van der Waals surface area (Å²) in [4.78, 5) is 3.66. The third-order valence-electron chi connectivity index (χ3n) is 1.48. The van der Waals surface area contributed by atoms with Crippen LogP contribution in [0.25, 0.3) is 6.08 Å². The van der Waals surface area contributed by atoms with Crippen molar-refractivity contribution in [2.45, 2.75) is 0 Å². The first kappa shape index (κ1) is 9.13. The normalized spacial score (nSPS) is 9.50. The van der Waals surface area contributed by atoms with Crippen molar-refractivity contribution < 1.29 is 4.39 Å². The van der Waals surface area contributed by atoms with Crippen molar-refractivity contribution in [1.82, 2.24) is 0 Å². The van der Waals surface area contributed by atoms with Gasteiger partial charge >= 0.3 is 0 Å². The molecule has 0 aliphatic heterocycles. The van der Waals surface area contributed by atoms with E-state index in [0.29, 0.717) is 15.7 Å². The van der Waals surface area contributed by atoms with Crippen LogP contribution < -0.4 is 0 Å². The molecule has 0 saturated carbocycles. The van der Waals surface area contributed by atoms with Crippen LogP contribution in [0.4, 0.5) is 10.1 Å². The molecule has 0 fully saturated rings. The SMILES string of the molecule is C=Cc1c(N=C)ccc(Br)c1F. The van der Waals surface area contributed by atoms with Crippen molar-refractivity contribution in [3.63, 3.8) is 0 Å². The Labute approximate surface area is 78.8 Å². The number of hydrogen-bond donors (Lipinski definition) is 0. The number of rotatable bonds is 2. The van der Waals surface area contributed by atoms with E-state index in [1.807, 2.05) is 0 Å². The molecule has 0 N–H and O–H groups in total. The second kappa shape index (κ2) is 3.63. The third-order valence-corrected chi connectivity index (χ3v) is 2.10. The van der Waals surface area contributed by atoms with Gasteiger partial charge in [-0.3, -0.25) is 4.99 Å². The predicted molar refractivity (Wildman–Crippen MR) is 53.4 cm³/mol. The van der Waals surface area contributed by atoms with E-state index in [1.54, 1.807) is 12.1 Å². The van der Waals surface area contributed by atoms with Crippen molar-refractivity contribution in [1.29, 1.82) is 0 Å². The molecule has 1 nitrogen and oxygen atoms in total. The molecule has 0 aliphatic carbocycles. The number of benzene rings is 1. The zero-order valence-corrected chi connectivity index (χ0v) is 7.94. The zero-order chi connectivity index (χ0) is 9.14. The topological polar surface area (TPSA) is 12.4 Å². The van der Waals surface area contributed by atoms with Crippen molar-refractivity contribution >= 4 is 34.4 Å². The largest absolute Gasteiger partial charge is 0.264 e. The summed E-state index contributed by atoms with van der Waals surface area (Å²) in [7, 11) is 0. The van der Waals surface area contributed by atoms with Gasteiger partial charge in [-0.15, -0.1) is 0 Å². The first-order valence-corrected chi connectivity index (χ1v) is 4.07. The Bertz CT molecular complexity index is 334. The van der Waals surface area contributed by atoms with Crippen molar-refractivity contribution in [2.24, 2.45) is 4.99 Å². The van der Waals surface area contributed by atoms with Gasteiger partial charge in [0.25, 0.3) is 0 Å². The molecule has 0 atom stereocenters. The fraction of sp³-hybridized carbons (Fsp3) is 0. The first-order chi connectivity index (χ1) is 5.70. The summed E-state index contributed by atoms with van der Waals surface area (Å²) in [6.07, 6.45) is 1.42. The van der Waals surface area contributed by atoms with Crippen LogP contribution in [0, 0.1) is 5.82 Å². The molecule has 0 heterocycles. The molecule has 0 aliphatic rings. The highest BCUT2D eigenvalue weighted by Gasteiger charge is 2.07. The van der Waals surface area contributed by atoms with Crippen LogP contribution in [0.1, 0.15) is 5.56 Å². The van der Waals surface area contributed by atoms with Crippen molar-refractivity contribution in [2.75, 3.05) is 0 Å². The highest BCUT2D eigenvalue weighted by molar-refractivity contribution is 9.10. The van der Waals surface area contributed by atoms with E-state index in [1.165, 1.54) is 6.08 Å². The predicted octanol–water partition coefficient (Wildman–Crippen LogP) is 3.56. The monoisotopic (exact) mass is 227 g/mol. The van der Waals surface area contributed by atoms with E-state index in [9.17, 15) is 4.39 Å². The van der Waals surface area contributed by atoms with E-state index in [2.05, 4.69) is 34.2 Å². The summed E-state index contributed by atoms with van der Waals surface area (Å²) in [5.74, 6) is -0.352. The minimum Gasteiger partial charge on any atom is -0.264 e. The van der Waals surface area contributed by atoms with E-state index >= 15 is 0 Å². The summed E-state index contributed by atoms with van der Waals surface area (Å²) in [5.41, 5.74) is 0.880. The molecule has 0 radical (unpaired) electrons. The zero-order valence-electron chi connectivity index (χ0n) is 6.35. The Hall–Kier alpha value is -0.960. The second-order valence-electron chi connectivity index (χ2n) is 2.16. The Morgan fingerprint density at radius 3 is 2.67 bits per heavy atom. The maximum atomic E-state index is 13.2. The maximum absolute atomic E-state index is 13.2. The Morgan fingerprint density at radius 2 is 2.17 bits per heavy atom. The lowest BCUT2D eigenvalue weighted by molar-refractivity contribution is 0.619. The fourth-order valence-electron chi connectivity index (χ4n) is 0.888. The Kier molecular flexibility index (Phi) is 2.76. The highest BCUT2D eigenvalue weighted by Crippen LogP contribution is 2.28. The molecule has 1 rings (SSSR count). The Balaban J connectivity index is 3.45. The van der Waals surface area contributed by atoms with Crippen LogP contribution in [0.2, 0.25) is 0 Å². The molecule has 0 spiro atoms. The number of aliphatic imine (C=N–C) groups is 1. The van der Waals surface area contributed by atoms with E-state index in [-0.39, 0.29) is 5.82 Å². The van der Waals surface area contributed by atoms with Crippen LogP contribution in [0.15, 0.2) is 28.2 Å². The maximum Gasteiger partial charge on any atom is 0.146 e. The van der Waals surface area contributed by atoms with Crippen LogP contribution >= 0.6 is 15.9 Å². The quantitative estimate of drug-likeness (QED) is 0.686. The van der Waals surface area contributed by atoms with E-state index in [4.69, 9.17) is 0 Å². The molecule has 0 bridgehead atoms. The summed E-state index contributed by atoms with van der Waals surface area (Å²) in [6, 6.07) is 3.27. The van der Waals surface area contributed by atoms with Crippen molar-refractivity contribution in [3.8, 4) is 0 Å². The smallest absolute Gasteiger partial charge is 0.146 e. The second-order valence-corrected chi connectivity index (χ2v) is 3.01. The molecule has 3 heteroatoms. The highest BCUT2D eigenvalue weighted by atomic mass is 79.9. The van der Waals surface area contributed by atoms with Crippen LogP contribution in [-0.4, -0.2) is 6.72 Å². The molecule has 12 heavy (non-hydrogen) atoms. The van der Waals surface area contributed by atoms with E-state index in [0.717, 1.165) is 0 Å². The summed E-state index contributed by atoms with van der Waals surface area (Å²) >= 11 is 3.07. The average molecular weight is 228 g/mol. The molecule has 0 amide bonds. The fourth-order valence-corrected chi connectivity index (χ4v) is 1.23. The molecular weight excluding hydrogens is 221 g/mol. The van der Waals surface area contributed by atoms with Gasteiger partial charge in [0.15, 0.2) is 0 Å². The lowest BCUT2D eigenvalue weighted by atomic mass is 10.1. The van der Waals surface area contributed by atoms with E-state index < -0.39 is 0 Å². The van der Waals surface area contributed by atoms with Gasteiger partial charge in [-0.1, -0.05) is 12.7 Å². The lowest BCUT2D eigenvalue weighted by Gasteiger charge is -2.02. The molecule has 62 valence electrons. The summed E-state index contributed by atoms with van der Waals surface area (Å²) in [5, 5.41) is 0. The minimum atomic E-state index is -0.352. The molecule has 1 aromatic rings. The summed E-state index contributed by atoms with van der Waals surface area (Å²) in [6.45, 7) is 6.82. The van der Waals surface area contributed by atoms with Gasteiger partial charge in [0.1, 0.15) is 5.82 Å². The van der Waals surface area contributed by atoms with Gasteiger partial charge < -0.3 is 0 Å². The van der Waals surface area contributed by atoms with Gasteiger partial charge in [0.2, 0.25) is 0 Å². The standard InChI is InChI=1S/C9H7BrFN/c1-3-6-8(12-2)5-4-7(10)9(6)11/h3-5H,1-2H2. The van der Waals surface area contributed by atoms with Crippen molar-refractivity contribution in [3.05, 3.63) is 34.6 Å². The minimum absolute atomic E-state index is 0.352. The van der Waals surface area contributed by atoms with Crippen LogP contribution in [0.5, 0.6) is 0 Å². The van der Waals surface area contributed by atoms with Gasteiger partial charge in [-0.25, -0.2) is 4.39 Å². The molecule has 0 unspecified atom stereocenters. The Morgan fingerprint density at radius 1 is 1.50 bits per heavy atom. The number of halogens is 2. The number of hydrogen-bond acceptors (Lipinski definition) is 1. The lowest BCUT2D eigenvalue weighted by Crippen LogP contribution is -1.84. The van der Waals surface area contributed by atoms with Crippen LogP contribution in [0.3, 0.4) is 0 Å².